The van der Waals surface area contributed by atoms with Gasteiger partial charge in [0.25, 0.3) is 0 Å². The second kappa shape index (κ2) is 9.01. The standard InChI is InChI=1S/C40H22N4S2/c1-2-11-23(12-3-1)43-28-17-7-4-14-26(28)33-34-27-15-5-8-18-29(27)44(30-19-10-16-25-24-13-6-9-20-31(24)45-39(25)30)38(34)40-35(37(33)43)36-32(46-40)21-41-22-42-36/h1-22H. The van der Waals surface area contributed by atoms with Crippen LogP contribution in [-0.2, 0) is 0 Å². The number of aromatic nitrogens is 4. The van der Waals surface area contributed by atoms with E-state index in [1.807, 2.05) is 17.5 Å². The molecule has 0 N–H and O–H groups in total. The molecule has 11 rings (SSSR count). The Morgan fingerprint density at radius 3 is 1.96 bits per heavy atom. The Morgan fingerprint density at radius 1 is 0.478 bits per heavy atom. The molecule has 0 radical (unpaired) electrons. The number of rotatable bonds is 2. The monoisotopic (exact) mass is 622 g/mol. The molecule has 0 atom stereocenters. The van der Waals surface area contributed by atoms with Gasteiger partial charge in [0, 0.05) is 54.3 Å². The van der Waals surface area contributed by atoms with Crippen LogP contribution in [0.15, 0.2) is 134 Å². The zero-order chi connectivity index (χ0) is 29.9. The molecule has 6 heteroatoms. The van der Waals surface area contributed by atoms with Crippen LogP contribution in [-0.4, -0.2) is 19.1 Å². The first-order chi connectivity index (χ1) is 22.9. The molecule has 0 spiro atoms. The number of thiophene rings is 2. The molecule has 0 amide bonds. The van der Waals surface area contributed by atoms with Crippen LogP contribution in [0.5, 0.6) is 0 Å². The largest absolute Gasteiger partial charge is 0.308 e. The van der Waals surface area contributed by atoms with Gasteiger partial charge in [-0.15, -0.1) is 22.7 Å². The average molecular weight is 623 g/mol. The zero-order valence-electron chi connectivity index (χ0n) is 24.3. The van der Waals surface area contributed by atoms with E-state index in [0.717, 1.165) is 15.9 Å². The highest BCUT2D eigenvalue weighted by atomic mass is 32.1. The molecule has 0 unspecified atom stereocenters. The lowest BCUT2D eigenvalue weighted by molar-refractivity contribution is 1.18. The van der Waals surface area contributed by atoms with E-state index >= 15 is 0 Å². The fourth-order valence-corrected chi connectivity index (χ4v) is 10.1. The Labute approximate surface area is 270 Å². The van der Waals surface area contributed by atoms with E-state index in [1.54, 1.807) is 17.7 Å². The zero-order valence-corrected chi connectivity index (χ0v) is 25.9. The van der Waals surface area contributed by atoms with Crippen molar-refractivity contribution in [2.75, 3.05) is 0 Å². The molecular weight excluding hydrogens is 601 g/mol. The summed E-state index contributed by atoms with van der Waals surface area (Å²) in [7, 11) is 0. The first-order valence-corrected chi connectivity index (χ1v) is 17.0. The summed E-state index contributed by atoms with van der Waals surface area (Å²) in [4.78, 5) is 9.41. The molecule has 0 aliphatic heterocycles. The van der Waals surface area contributed by atoms with E-state index in [2.05, 4.69) is 135 Å². The SMILES string of the molecule is c1ccc(-n2c3ccccc3c3c4c5ccccc5n(-c5cccc6c5sc5ccccc56)c4c4sc5cncnc5c4c32)cc1. The summed E-state index contributed by atoms with van der Waals surface area (Å²) in [6.07, 6.45) is 3.66. The molecule has 11 aromatic rings. The maximum absolute atomic E-state index is 4.95. The highest BCUT2D eigenvalue weighted by molar-refractivity contribution is 7.27. The van der Waals surface area contributed by atoms with Gasteiger partial charge in [0.15, 0.2) is 0 Å². The summed E-state index contributed by atoms with van der Waals surface area (Å²) < 4.78 is 9.90. The van der Waals surface area contributed by atoms with Crippen LogP contribution in [0, 0.1) is 0 Å². The van der Waals surface area contributed by atoms with Gasteiger partial charge in [-0.3, -0.25) is 0 Å². The Bertz CT molecular complexity index is 3030. The van der Waals surface area contributed by atoms with Gasteiger partial charge in [0.2, 0.25) is 0 Å². The summed E-state index contributed by atoms with van der Waals surface area (Å²) >= 11 is 3.68. The van der Waals surface area contributed by atoms with Gasteiger partial charge in [-0.1, -0.05) is 84.9 Å². The van der Waals surface area contributed by atoms with E-state index in [0.29, 0.717) is 0 Å². The molecular formula is C40H22N4S2. The second-order valence-electron chi connectivity index (χ2n) is 11.8. The first kappa shape index (κ1) is 24.7. The maximum Gasteiger partial charge on any atom is 0.116 e. The second-order valence-corrected chi connectivity index (χ2v) is 13.9. The number of fused-ring (bicyclic) bond motifs is 15. The molecule has 0 saturated carbocycles. The van der Waals surface area contributed by atoms with Gasteiger partial charge in [0.05, 0.1) is 47.4 Å². The number of benzene rings is 6. The van der Waals surface area contributed by atoms with E-state index in [1.165, 1.54) is 79.6 Å². The van der Waals surface area contributed by atoms with Gasteiger partial charge in [-0.25, -0.2) is 9.97 Å². The van der Waals surface area contributed by atoms with Gasteiger partial charge in [-0.2, -0.15) is 0 Å². The van der Waals surface area contributed by atoms with Crippen molar-refractivity contribution < 1.29 is 0 Å². The Kier molecular flexibility index (Phi) is 4.84. The molecule has 214 valence electrons. The fourth-order valence-electron chi connectivity index (χ4n) is 7.68. The van der Waals surface area contributed by atoms with E-state index < -0.39 is 0 Å². The molecule has 4 nitrogen and oxygen atoms in total. The van der Waals surface area contributed by atoms with E-state index in [9.17, 15) is 0 Å². The highest BCUT2D eigenvalue weighted by Gasteiger charge is 2.27. The third-order valence-electron chi connectivity index (χ3n) is 9.44. The molecule has 0 aliphatic rings. The van der Waals surface area contributed by atoms with Crippen molar-refractivity contribution in [2.24, 2.45) is 0 Å². The van der Waals surface area contributed by atoms with Crippen molar-refractivity contribution in [2.45, 2.75) is 0 Å². The van der Waals surface area contributed by atoms with E-state index in [4.69, 9.17) is 4.98 Å². The summed E-state index contributed by atoms with van der Waals surface area (Å²) in [5.74, 6) is 0. The maximum atomic E-state index is 4.95. The lowest BCUT2D eigenvalue weighted by Gasteiger charge is -2.12. The molecule has 0 fully saturated rings. The smallest absolute Gasteiger partial charge is 0.116 e. The predicted molar refractivity (Wildman–Crippen MR) is 196 cm³/mol. The molecule has 6 aromatic carbocycles. The van der Waals surface area contributed by atoms with Crippen LogP contribution < -0.4 is 0 Å². The van der Waals surface area contributed by atoms with E-state index in [-0.39, 0.29) is 0 Å². The molecule has 0 saturated heterocycles. The van der Waals surface area contributed by atoms with Crippen molar-refractivity contribution in [1.29, 1.82) is 0 Å². The summed E-state index contributed by atoms with van der Waals surface area (Å²) in [5.41, 5.74) is 8.17. The third kappa shape index (κ3) is 3.07. The van der Waals surface area contributed by atoms with Gasteiger partial charge in [-0.05, 0) is 36.4 Å². The molecule has 46 heavy (non-hydrogen) atoms. The minimum atomic E-state index is 0.999. The van der Waals surface area contributed by atoms with Crippen molar-refractivity contribution in [3.63, 3.8) is 0 Å². The molecule has 5 aromatic heterocycles. The molecule has 5 heterocycles. The predicted octanol–water partition coefficient (Wildman–Crippen LogP) is 11.4. The van der Waals surface area contributed by atoms with Gasteiger partial charge >= 0.3 is 0 Å². The average Bonchev–Trinajstić information content (AvgIpc) is 3.86. The summed E-state index contributed by atoms with van der Waals surface area (Å²) in [5, 5.41) is 8.81. The summed E-state index contributed by atoms with van der Waals surface area (Å²) in [6.45, 7) is 0. The highest BCUT2D eigenvalue weighted by Crippen LogP contribution is 2.51. The van der Waals surface area contributed by atoms with Gasteiger partial charge < -0.3 is 9.13 Å². The van der Waals surface area contributed by atoms with Crippen LogP contribution in [0.4, 0.5) is 0 Å². The van der Waals surface area contributed by atoms with Crippen molar-refractivity contribution in [3.05, 3.63) is 134 Å². The van der Waals surface area contributed by atoms with Crippen LogP contribution in [0.2, 0.25) is 0 Å². The van der Waals surface area contributed by atoms with Crippen molar-refractivity contribution >= 4 is 107 Å². The number of nitrogens with zero attached hydrogens (tertiary/aromatic N) is 4. The number of hydrogen-bond donors (Lipinski definition) is 0. The number of hydrogen-bond acceptors (Lipinski definition) is 4. The topological polar surface area (TPSA) is 35.6 Å². The molecule has 0 bridgehead atoms. The Morgan fingerprint density at radius 2 is 1.13 bits per heavy atom. The normalized spacial score (nSPS) is 12.3. The quantitative estimate of drug-likeness (QED) is 0.192. The Balaban J connectivity index is 1.47. The van der Waals surface area contributed by atoms with Crippen LogP contribution in [0.1, 0.15) is 0 Å². The number of para-hydroxylation sites is 3. The Hall–Kier alpha value is -5.56. The van der Waals surface area contributed by atoms with Crippen LogP contribution in [0.25, 0.3) is 95.5 Å². The van der Waals surface area contributed by atoms with Crippen molar-refractivity contribution in [1.82, 2.24) is 19.1 Å². The van der Waals surface area contributed by atoms with Crippen LogP contribution >= 0.6 is 22.7 Å². The minimum Gasteiger partial charge on any atom is -0.308 e. The lowest BCUT2D eigenvalue weighted by Crippen LogP contribution is -1.96. The fraction of sp³-hybridized carbons (Fsp3) is 0. The van der Waals surface area contributed by atoms with Crippen molar-refractivity contribution in [3.8, 4) is 11.4 Å². The molecule has 0 aliphatic carbocycles. The lowest BCUT2D eigenvalue weighted by atomic mass is 10.0. The minimum absolute atomic E-state index is 0.999. The summed E-state index contributed by atoms with van der Waals surface area (Å²) in [6, 6.07) is 44.0. The first-order valence-electron chi connectivity index (χ1n) is 15.3. The van der Waals surface area contributed by atoms with Gasteiger partial charge in [0.1, 0.15) is 6.33 Å². The third-order valence-corrected chi connectivity index (χ3v) is 11.8. The van der Waals surface area contributed by atoms with Crippen LogP contribution in [0.3, 0.4) is 0 Å².